The first-order valence-electron chi connectivity index (χ1n) is 9.95. The van der Waals surface area contributed by atoms with E-state index in [2.05, 4.69) is 10.6 Å². The Kier molecular flexibility index (Phi) is 5.21. The van der Waals surface area contributed by atoms with Gasteiger partial charge >= 0.3 is 0 Å². The van der Waals surface area contributed by atoms with Crippen LogP contribution in [-0.2, 0) is 19.1 Å². The van der Waals surface area contributed by atoms with Gasteiger partial charge in [-0.15, -0.1) is 0 Å². The minimum Gasteiger partial charge on any atom is -0.377 e. The van der Waals surface area contributed by atoms with E-state index in [1.54, 1.807) is 31.2 Å². The van der Waals surface area contributed by atoms with Crippen LogP contribution in [-0.4, -0.2) is 50.1 Å². The maximum Gasteiger partial charge on any atom is 0.229 e. The molecular weight excluding hydrogens is 360 g/mol. The first-order valence-corrected chi connectivity index (χ1v) is 9.95. The SMILES string of the molecule is C[C@]12C(=O)c3ccccc3NC(=O)[C@H]1[C@H]2C(=O)NCCOC[C@H]1CCCCO1. The summed E-state index contributed by atoms with van der Waals surface area (Å²) in [5, 5.41) is 5.60. The minimum atomic E-state index is -0.989. The van der Waals surface area contributed by atoms with Crippen molar-refractivity contribution in [3.8, 4) is 0 Å². The number of hydrogen-bond donors (Lipinski definition) is 2. The Morgan fingerprint density at radius 2 is 2.14 bits per heavy atom. The summed E-state index contributed by atoms with van der Waals surface area (Å²) in [6.45, 7) is 3.74. The van der Waals surface area contributed by atoms with E-state index in [9.17, 15) is 14.4 Å². The Morgan fingerprint density at radius 1 is 1.32 bits per heavy atom. The van der Waals surface area contributed by atoms with Crippen LogP contribution in [0.3, 0.4) is 0 Å². The second-order valence-electron chi connectivity index (χ2n) is 7.96. The van der Waals surface area contributed by atoms with Crippen molar-refractivity contribution in [1.82, 2.24) is 5.32 Å². The Bertz CT molecular complexity index is 789. The summed E-state index contributed by atoms with van der Waals surface area (Å²) in [4.78, 5) is 38.2. The fourth-order valence-corrected chi connectivity index (χ4v) is 4.44. The lowest BCUT2D eigenvalue weighted by Crippen LogP contribution is -2.33. The Balaban J connectivity index is 1.31. The standard InChI is InChI=1S/C21H26N2O5/c1-21-16(19(25)22-9-11-27-12-13-6-4-5-10-28-13)17(21)20(26)23-15-8-3-2-7-14(15)18(21)24/h2-3,7-8,13,16-17H,4-6,9-12H2,1H3,(H,22,25)(H,23,26)/t13-,16+,17-,21-/m1/s1. The number of ether oxygens (including phenoxy) is 2. The molecule has 2 amide bonds. The van der Waals surface area contributed by atoms with Crippen LogP contribution in [0.1, 0.15) is 36.5 Å². The molecule has 0 radical (unpaired) electrons. The van der Waals surface area contributed by atoms with E-state index in [1.807, 2.05) is 0 Å². The number of benzene rings is 1. The maximum absolute atomic E-state index is 13.0. The number of rotatable bonds is 6. The van der Waals surface area contributed by atoms with Gasteiger partial charge in [-0.1, -0.05) is 19.1 Å². The van der Waals surface area contributed by atoms with Crippen molar-refractivity contribution in [2.75, 3.05) is 31.7 Å². The number of hydrogen-bond acceptors (Lipinski definition) is 5. The van der Waals surface area contributed by atoms with Crippen LogP contribution in [0.5, 0.6) is 0 Å². The van der Waals surface area contributed by atoms with Crippen molar-refractivity contribution in [3.63, 3.8) is 0 Å². The van der Waals surface area contributed by atoms with Gasteiger partial charge in [-0.2, -0.15) is 0 Å². The largest absolute Gasteiger partial charge is 0.377 e. The van der Waals surface area contributed by atoms with Crippen LogP contribution >= 0.6 is 0 Å². The van der Waals surface area contributed by atoms with E-state index >= 15 is 0 Å². The molecule has 2 heterocycles. The number of carbonyl (C=O) groups is 3. The number of para-hydroxylation sites is 1. The fourth-order valence-electron chi connectivity index (χ4n) is 4.44. The molecule has 1 aliphatic carbocycles. The third-order valence-electron chi connectivity index (χ3n) is 6.12. The lowest BCUT2D eigenvalue weighted by atomic mass is 9.92. The highest BCUT2D eigenvalue weighted by Gasteiger charge is 2.73. The molecule has 1 saturated heterocycles. The van der Waals surface area contributed by atoms with Crippen molar-refractivity contribution in [2.45, 2.75) is 32.3 Å². The van der Waals surface area contributed by atoms with E-state index in [1.165, 1.54) is 0 Å². The molecule has 3 aliphatic rings. The summed E-state index contributed by atoms with van der Waals surface area (Å²) in [5.41, 5.74) is -0.00669. The highest BCUT2D eigenvalue weighted by atomic mass is 16.5. The predicted octanol–water partition coefficient (Wildman–Crippen LogP) is 1.78. The predicted molar refractivity (Wildman–Crippen MR) is 102 cm³/mol. The van der Waals surface area contributed by atoms with E-state index in [0.29, 0.717) is 31.0 Å². The number of Topliss-reactive ketones (excluding diaryl/α,β-unsaturated/α-hetero) is 1. The number of amides is 2. The molecule has 0 bridgehead atoms. The van der Waals surface area contributed by atoms with Crippen molar-refractivity contribution in [3.05, 3.63) is 29.8 Å². The normalized spacial score (nSPS) is 31.2. The average molecular weight is 386 g/mol. The van der Waals surface area contributed by atoms with Crippen LogP contribution in [0.2, 0.25) is 0 Å². The summed E-state index contributed by atoms with van der Waals surface area (Å²) < 4.78 is 11.2. The summed E-state index contributed by atoms with van der Waals surface area (Å²) in [6.07, 6.45) is 3.41. The van der Waals surface area contributed by atoms with Gasteiger partial charge in [0.15, 0.2) is 5.78 Å². The van der Waals surface area contributed by atoms with Crippen molar-refractivity contribution < 1.29 is 23.9 Å². The molecule has 2 fully saturated rings. The average Bonchev–Trinajstić information content (AvgIpc) is 3.36. The zero-order valence-corrected chi connectivity index (χ0v) is 16.0. The fraction of sp³-hybridized carbons (Fsp3) is 0.571. The van der Waals surface area contributed by atoms with Gasteiger partial charge in [0.25, 0.3) is 0 Å². The molecule has 0 spiro atoms. The monoisotopic (exact) mass is 386 g/mol. The summed E-state index contributed by atoms with van der Waals surface area (Å²) in [6, 6.07) is 6.94. The number of nitrogens with one attached hydrogen (secondary N) is 2. The highest BCUT2D eigenvalue weighted by Crippen LogP contribution is 2.62. The van der Waals surface area contributed by atoms with Crippen LogP contribution in [0.25, 0.3) is 0 Å². The van der Waals surface area contributed by atoms with E-state index < -0.39 is 17.3 Å². The second kappa shape index (κ2) is 7.64. The zero-order chi connectivity index (χ0) is 19.7. The van der Waals surface area contributed by atoms with Crippen molar-refractivity contribution in [2.24, 2.45) is 17.3 Å². The molecule has 2 N–H and O–H groups in total. The third kappa shape index (κ3) is 3.33. The summed E-state index contributed by atoms with van der Waals surface area (Å²) in [5.74, 6) is -1.98. The number of anilines is 1. The molecule has 1 saturated carbocycles. The van der Waals surface area contributed by atoms with E-state index in [4.69, 9.17) is 9.47 Å². The molecule has 0 aromatic heterocycles. The van der Waals surface area contributed by atoms with Crippen LogP contribution in [0.15, 0.2) is 24.3 Å². The molecule has 7 heteroatoms. The Morgan fingerprint density at radius 3 is 2.93 bits per heavy atom. The quantitative estimate of drug-likeness (QED) is 0.727. The molecule has 4 atom stereocenters. The van der Waals surface area contributed by atoms with Gasteiger partial charge in [0, 0.05) is 18.7 Å². The van der Waals surface area contributed by atoms with Crippen LogP contribution in [0.4, 0.5) is 5.69 Å². The van der Waals surface area contributed by atoms with Crippen molar-refractivity contribution >= 4 is 23.3 Å². The molecular formula is C21H26N2O5. The van der Waals surface area contributed by atoms with Gasteiger partial charge in [-0.3, -0.25) is 14.4 Å². The molecule has 28 heavy (non-hydrogen) atoms. The smallest absolute Gasteiger partial charge is 0.229 e. The first kappa shape index (κ1) is 19.1. The summed E-state index contributed by atoms with van der Waals surface area (Å²) >= 11 is 0. The molecule has 7 nitrogen and oxygen atoms in total. The topological polar surface area (TPSA) is 93.7 Å². The third-order valence-corrected chi connectivity index (χ3v) is 6.12. The number of carbonyl (C=O) groups excluding carboxylic acids is 3. The van der Waals surface area contributed by atoms with Crippen LogP contribution < -0.4 is 10.6 Å². The van der Waals surface area contributed by atoms with Gasteiger partial charge in [0.1, 0.15) is 0 Å². The van der Waals surface area contributed by atoms with E-state index in [0.717, 1.165) is 25.9 Å². The molecule has 4 rings (SSSR count). The van der Waals surface area contributed by atoms with Gasteiger partial charge in [0.05, 0.1) is 42.3 Å². The first-order chi connectivity index (χ1) is 13.5. The Hall–Kier alpha value is -2.25. The lowest BCUT2D eigenvalue weighted by molar-refractivity contribution is -0.125. The lowest BCUT2D eigenvalue weighted by Gasteiger charge is -2.22. The molecule has 1 aromatic rings. The minimum absolute atomic E-state index is 0.139. The van der Waals surface area contributed by atoms with Crippen molar-refractivity contribution in [1.29, 1.82) is 0 Å². The van der Waals surface area contributed by atoms with Crippen LogP contribution in [0, 0.1) is 17.3 Å². The van der Waals surface area contributed by atoms with Gasteiger partial charge in [0.2, 0.25) is 11.8 Å². The molecule has 150 valence electrons. The van der Waals surface area contributed by atoms with Gasteiger partial charge in [-0.05, 0) is 31.4 Å². The number of fused-ring (bicyclic) bond motifs is 2. The zero-order valence-electron chi connectivity index (χ0n) is 16.0. The maximum atomic E-state index is 13.0. The Labute approximate surface area is 164 Å². The van der Waals surface area contributed by atoms with Gasteiger partial charge in [-0.25, -0.2) is 0 Å². The molecule has 0 unspecified atom stereocenters. The van der Waals surface area contributed by atoms with E-state index in [-0.39, 0.29) is 23.7 Å². The second-order valence-corrected chi connectivity index (χ2v) is 7.96. The summed E-state index contributed by atoms with van der Waals surface area (Å²) in [7, 11) is 0. The number of ketones is 1. The highest BCUT2D eigenvalue weighted by molar-refractivity contribution is 6.19. The molecule has 1 aromatic carbocycles. The van der Waals surface area contributed by atoms with Gasteiger partial charge < -0.3 is 20.1 Å². The molecule has 2 aliphatic heterocycles.